The number of nitrogens with zero attached hydrogens (tertiary/aromatic N) is 1. The zero-order valence-corrected chi connectivity index (χ0v) is 12.8. The summed E-state index contributed by atoms with van der Waals surface area (Å²) in [5, 5.41) is 26.1. The Bertz CT molecular complexity index is 694. The summed E-state index contributed by atoms with van der Waals surface area (Å²) in [5.74, 6) is -1.86. The van der Waals surface area contributed by atoms with E-state index in [4.69, 9.17) is 4.74 Å². The third-order valence-electron chi connectivity index (χ3n) is 4.18. The second-order valence-corrected chi connectivity index (χ2v) is 6.05. The van der Waals surface area contributed by atoms with Crippen LogP contribution in [0.1, 0.15) is 29.6 Å². The number of hydrogen-bond donors (Lipinski definition) is 3. The molecule has 3 N–H and O–H groups in total. The highest BCUT2D eigenvalue weighted by Crippen LogP contribution is 2.31. The monoisotopic (exact) mass is 335 g/mol. The first kappa shape index (κ1) is 16.2. The molecule has 1 aromatic rings. The van der Waals surface area contributed by atoms with Crippen molar-refractivity contribution in [2.45, 2.75) is 30.8 Å². The Morgan fingerprint density at radius 2 is 2.12 bits per heavy atom. The number of carbonyl (C=O) groups excluding carboxylic acids is 1. The molecule has 0 bridgehead atoms. The van der Waals surface area contributed by atoms with Gasteiger partial charge in [0, 0.05) is 30.7 Å². The number of ether oxygens (including phenoxy) is 1. The molecule has 1 aliphatic heterocycles. The number of benzene rings is 1. The molecule has 9 heteroatoms. The molecule has 2 aliphatic rings. The minimum absolute atomic E-state index is 0.0376. The molecule has 1 unspecified atom stereocenters. The highest BCUT2D eigenvalue weighted by atomic mass is 16.6. The van der Waals surface area contributed by atoms with E-state index in [1.165, 1.54) is 12.1 Å². The third kappa shape index (κ3) is 3.16. The average Bonchev–Trinajstić information content (AvgIpc) is 3.22. The maximum atomic E-state index is 12.4. The SMILES string of the molecule is O=C(NC1(C(=O)O)CCOC1)c1ccc(NC2CC2)c([N+](=O)[O-])c1. The maximum absolute atomic E-state index is 12.4. The Morgan fingerprint density at radius 3 is 2.67 bits per heavy atom. The smallest absolute Gasteiger partial charge is 0.331 e. The molecule has 24 heavy (non-hydrogen) atoms. The lowest BCUT2D eigenvalue weighted by molar-refractivity contribution is -0.384. The van der Waals surface area contributed by atoms with E-state index in [1.54, 1.807) is 0 Å². The molecule has 1 heterocycles. The first-order valence-electron chi connectivity index (χ1n) is 7.60. The quantitative estimate of drug-likeness (QED) is 0.525. The molecule has 128 valence electrons. The number of aliphatic carboxylic acids is 1. The Labute approximate surface area is 137 Å². The minimum Gasteiger partial charge on any atom is -0.479 e. The van der Waals surface area contributed by atoms with Crippen LogP contribution in [0.2, 0.25) is 0 Å². The first-order valence-corrected chi connectivity index (χ1v) is 7.60. The standard InChI is InChI=1S/C15H17N3O6/c19-13(17-15(14(20)21)5-6-24-8-15)9-1-4-11(16-10-2-3-10)12(7-9)18(22)23/h1,4,7,10,16H,2-3,5-6,8H2,(H,17,19)(H,20,21). The summed E-state index contributed by atoms with van der Waals surface area (Å²) < 4.78 is 5.08. The van der Waals surface area contributed by atoms with Gasteiger partial charge in [0.1, 0.15) is 5.69 Å². The van der Waals surface area contributed by atoms with Gasteiger partial charge in [0.2, 0.25) is 0 Å². The molecule has 1 atom stereocenters. The number of rotatable bonds is 6. The molecular formula is C15H17N3O6. The van der Waals surface area contributed by atoms with Gasteiger partial charge in [-0.2, -0.15) is 0 Å². The Morgan fingerprint density at radius 1 is 1.38 bits per heavy atom. The lowest BCUT2D eigenvalue weighted by Crippen LogP contribution is -2.55. The lowest BCUT2D eigenvalue weighted by Gasteiger charge is -2.23. The average molecular weight is 335 g/mol. The van der Waals surface area contributed by atoms with E-state index in [0.29, 0.717) is 5.69 Å². The number of nitro groups is 1. The number of carbonyl (C=O) groups is 2. The molecular weight excluding hydrogens is 318 g/mol. The van der Waals surface area contributed by atoms with Crippen LogP contribution in [0.15, 0.2) is 18.2 Å². The van der Waals surface area contributed by atoms with Crippen LogP contribution < -0.4 is 10.6 Å². The van der Waals surface area contributed by atoms with Crippen molar-refractivity contribution in [2.24, 2.45) is 0 Å². The highest BCUT2D eigenvalue weighted by Gasteiger charge is 2.44. The van der Waals surface area contributed by atoms with Gasteiger partial charge in [-0.05, 0) is 25.0 Å². The predicted octanol–water partition coefficient (Wildman–Crippen LogP) is 1.14. The van der Waals surface area contributed by atoms with E-state index in [-0.39, 0.29) is 36.9 Å². The van der Waals surface area contributed by atoms with Crippen LogP contribution in [-0.2, 0) is 9.53 Å². The minimum atomic E-state index is -1.49. The summed E-state index contributed by atoms with van der Waals surface area (Å²) in [4.78, 5) is 34.5. The number of amides is 1. The van der Waals surface area contributed by atoms with Crippen molar-refractivity contribution in [1.82, 2.24) is 5.32 Å². The van der Waals surface area contributed by atoms with Crippen LogP contribution in [0, 0.1) is 10.1 Å². The zero-order chi connectivity index (χ0) is 17.3. The molecule has 1 aromatic carbocycles. The van der Waals surface area contributed by atoms with E-state index in [9.17, 15) is 24.8 Å². The Kier molecular flexibility index (Phi) is 4.10. The van der Waals surface area contributed by atoms with Gasteiger partial charge in [0.15, 0.2) is 5.54 Å². The summed E-state index contributed by atoms with van der Waals surface area (Å²) in [6.45, 7) is 0.106. The largest absolute Gasteiger partial charge is 0.479 e. The molecule has 1 aliphatic carbocycles. The molecule has 1 saturated heterocycles. The molecule has 2 fully saturated rings. The van der Waals surface area contributed by atoms with Gasteiger partial charge in [0.25, 0.3) is 11.6 Å². The number of carboxylic acids is 1. The first-order chi connectivity index (χ1) is 11.4. The van der Waals surface area contributed by atoms with E-state index >= 15 is 0 Å². The van der Waals surface area contributed by atoms with Crippen molar-refractivity contribution >= 4 is 23.3 Å². The molecule has 0 radical (unpaired) electrons. The number of anilines is 1. The van der Waals surface area contributed by atoms with Crippen molar-refractivity contribution in [1.29, 1.82) is 0 Å². The normalized spacial score (nSPS) is 22.8. The van der Waals surface area contributed by atoms with Crippen LogP contribution in [0.3, 0.4) is 0 Å². The molecule has 9 nitrogen and oxygen atoms in total. The van der Waals surface area contributed by atoms with Crippen LogP contribution in [0.5, 0.6) is 0 Å². The summed E-state index contributed by atoms with van der Waals surface area (Å²) in [6, 6.07) is 4.31. The number of nitro benzene ring substituents is 1. The van der Waals surface area contributed by atoms with Crippen LogP contribution in [-0.4, -0.2) is 46.7 Å². The van der Waals surface area contributed by atoms with Crippen molar-refractivity contribution in [3.63, 3.8) is 0 Å². The zero-order valence-electron chi connectivity index (χ0n) is 12.8. The van der Waals surface area contributed by atoms with Gasteiger partial charge in [-0.15, -0.1) is 0 Å². The molecule has 0 aromatic heterocycles. The number of carboxylic acid groups (broad SMARTS) is 1. The van der Waals surface area contributed by atoms with E-state index in [0.717, 1.165) is 18.9 Å². The van der Waals surface area contributed by atoms with Gasteiger partial charge in [-0.25, -0.2) is 4.79 Å². The van der Waals surface area contributed by atoms with Crippen LogP contribution in [0.4, 0.5) is 11.4 Å². The topological polar surface area (TPSA) is 131 Å². The van der Waals surface area contributed by atoms with Crippen LogP contribution in [0.25, 0.3) is 0 Å². The molecule has 1 amide bonds. The van der Waals surface area contributed by atoms with Gasteiger partial charge in [0.05, 0.1) is 11.5 Å². The van der Waals surface area contributed by atoms with Gasteiger partial charge >= 0.3 is 5.97 Å². The fraction of sp³-hybridized carbons (Fsp3) is 0.467. The van der Waals surface area contributed by atoms with Crippen molar-refractivity contribution in [3.05, 3.63) is 33.9 Å². The van der Waals surface area contributed by atoms with Crippen molar-refractivity contribution in [2.75, 3.05) is 18.5 Å². The lowest BCUT2D eigenvalue weighted by atomic mass is 9.98. The summed E-state index contributed by atoms with van der Waals surface area (Å²) in [5.41, 5.74) is -1.30. The fourth-order valence-corrected chi connectivity index (χ4v) is 2.57. The predicted molar refractivity (Wildman–Crippen MR) is 83.0 cm³/mol. The van der Waals surface area contributed by atoms with Gasteiger partial charge < -0.3 is 20.5 Å². The van der Waals surface area contributed by atoms with E-state index in [1.807, 2.05) is 0 Å². The second kappa shape index (κ2) is 6.08. The van der Waals surface area contributed by atoms with Crippen molar-refractivity contribution < 1.29 is 24.4 Å². The summed E-state index contributed by atoms with van der Waals surface area (Å²) in [6.07, 6.45) is 2.07. The Hall–Kier alpha value is -2.68. The van der Waals surface area contributed by atoms with Crippen LogP contribution >= 0.6 is 0 Å². The second-order valence-electron chi connectivity index (χ2n) is 6.05. The molecule has 3 rings (SSSR count). The molecule has 1 saturated carbocycles. The summed E-state index contributed by atoms with van der Waals surface area (Å²) >= 11 is 0. The number of nitrogens with one attached hydrogen (secondary N) is 2. The molecule has 0 spiro atoms. The third-order valence-corrected chi connectivity index (χ3v) is 4.18. The highest BCUT2D eigenvalue weighted by molar-refractivity contribution is 5.99. The van der Waals surface area contributed by atoms with Gasteiger partial charge in [-0.3, -0.25) is 14.9 Å². The maximum Gasteiger partial charge on any atom is 0.331 e. The van der Waals surface area contributed by atoms with Gasteiger partial charge in [-0.1, -0.05) is 0 Å². The fourth-order valence-electron chi connectivity index (χ4n) is 2.57. The van der Waals surface area contributed by atoms with E-state index in [2.05, 4.69) is 10.6 Å². The Balaban J connectivity index is 1.82. The van der Waals surface area contributed by atoms with E-state index < -0.39 is 22.3 Å². The summed E-state index contributed by atoms with van der Waals surface area (Å²) in [7, 11) is 0. The van der Waals surface area contributed by atoms with Crippen molar-refractivity contribution in [3.8, 4) is 0 Å². The number of hydrogen-bond acceptors (Lipinski definition) is 6.